The number of benzene rings is 1. The van der Waals surface area contributed by atoms with Gasteiger partial charge in [-0.3, -0.25) is 0 Å². The predicted octanol–water partition coefficient (Wildman–Crippen LogP) is 1.11. The molecule has 0 aromatic heterocycles. The Bertz CT molecular complexity index is 385. The Balaban J connectivity index is 2.40. The summed E-state index contributed by atoms with van der Waals surface area (Å²) in [7, 11) is 1.61. The minimum atomic E-state index is -0.521. The summed E-state index contributed by atoms with van der Waals surface area (Å²) in [5.74, 6) is 0.782. The molecule has 0 saturated heterocycles. The summed E-state index contributed by atoms with van der Waals surface area (Å²) in [6.45, 7) is 1.72. The highest BCUT2D eigenvalue weighted by atomic mass is 35.5. The van der Waals surface area contributed by atoms with Gasteiger partial charge in [-0.2, -0.15) is 0 Å². The Morgan fingerprint density at radius 3 is 2.88 bits per heavy atom. The van der Waals surface area contributed by atoms with E-state index in [1.807, 2.05) is 12.1 Å². The lowest BCUT2D eigenvalue weighted by atomic mass is 10.2. The topological polar surface area (TPSA) is 76.4 Å². The van der Waals surface area contributed by atoms with Crippen molar-refractivity contribution >= 4 is 17.6 Å². The number of carbonyl (C=O) groups excluding carboxylic acids is 1. The monoisotopic (exact) mass is 257 g/mol. The number of amides is 2. The molecule has 0 aliphatic carbocycles. The number of hydrogen-bond donors (Lipinski definition) is 3. The average Bonchev–Trinajstić information content (AvgIpc) is 2.28. The SMILES string of the molecule is COc1ccc(Cl)cc1CNCCNC(N)=O. The molecule has 6 heteroatoms. The van der Waals surface area contributed by atoms with Crippen LogP contribution in [-0.2, 0) is 6.54 Å². The van der Waals surface area contributed by atoms with Gasteiger partial charge < -0.3 is 21.1 Å². The molecule has 4 N–H and O–H groups in total. The highest BCUT2D eigenvalue weighted by Gasteiger charge is 2.03. The van der Waals surface area contributed by atoms with Gasteiger partial charge >= 0.3 is 6.03 Å². The van der Waals surface area contributed by atoms with Crippen LogP contribution < -0.4 is 21.1 Å². The second kappa shape index (κ2) is 6.98. The van der Waals surface area contributed by atoms with E-state index in [-0.39, 0.29) is 0 Å². The van der Waals surface area contributed by atoms with E-state index in [1.54, 1.807) is 13.2 Å². The number of urea groups is 1. The van der Waals surface area contributed by atoms with Crippen LogP contribution in [0.3, 0.4) is 0 Å². The zero-order chi connectivity index (χ0) is 12.7. The maximum absolute atomic E-state index is 10.4. The molecule has 0 fully saturated rings. The fraction of sp³-hybridized carbons (Fsp3) is 0.364. The zero-order valence-electron chi connectivity index (χ0n) is 9.63. The van der Waals surface area contributed by atoms with Crippen LogP contribution in [0.4, 0.5) is 4.79 Å². The van der Waals surface area contributed by atoms with Crippen LogP contribution >= 0.6 is 11.6 Å². The highest BCUT2D eigenvalue weighted by Crippen LogP contribution is 2.22. The molecule has 0 aliphatic rings. The Hall–Kier alpha value is -1.46. The van der Waals surface area contributed by atoms with Crippen molar-refractivity contribution < 1.29 is 9.53 Å². The normalized spacial score (nSPS) is 10.0. The first-order chi connectivity index (χ1) is 8.13. The molecule has 1 aromatic carbocycles. The van der Waals surface area contributed by atoms with E-state index in [2.05, 4.69) is 10.6 Å². The lowest BCUT2D eigenvalue weighted by Crippen LogP contribution is -2.35. The quantitative estimate of drug-likeness (QED) is 0.668. The average molecular weight is 258 g/mol. The summed E-state index contributed by atoms with van der Waals surface area (Å²) in [5, 5.41) is 6.31. The number of methoxy groups -OCH3 is 1. The number of rotatable bonds is 6. The molecule has 0 unspecified atom stereocenters. The van der Waals surface area contributed by atoms with Gasteiger partial charge in [-0.15, -0.1) is 0 Å². The standard InChI is InChI=1S/C11H16ClN3O2/c1-17-10-3-2-9(12)6-8(10)7-14-4-5-15-11(13)16/h2-3,6,14H,4-5,7H2,1H3,(H3,13,15,16). The van der Waals surface area contributed by atoms with Gasteiger partial charge in [0, 0.05) is 30.2 Å². The fourth-order valence-electron chi connectivity index (χ4n) is 1.38. The van der Waals surface area contributed by atoms with Crippen molar-refractivity contribution in [2.45, 2.75) is 6.54 Å². The number of nitrogens with one attached hydrogen (secondary N) is 2. The molecular formula is C11H16ClN3O2. The van der Waals surface area contributed by atoms with Crippen molar-refractivity contribution in [1.82, 2.24) is 10.6 Å². The van der Waals surface area contributed by atoms with E-state index in [0.717, 1.165) is 11.3 Å². The van der Waals surface area contributed by atoms with Gasteiger partial charge in [-0.1, -0.05) is 11.6 Å². The Morgan fingerprint density at radius 1 is 1.47 bits per heavy atom. The lowest BCUT2D eigenvalue weighted by molar-refractivity contribution is 0.249. The smallest absolute Gasteiger partial charge is 0.312 e. The molecule has 0 spiro atoms. The number of hydrogen-bond acceptors (Lipinski definition) is 3. The molecule has 1 rings (SSSR count). The van der Waals surface area contributed by atoms with Crippen LogP contribution in [0.1, 0.15) is 5.56 Å². The molecule has 94 valence electrons. The molecule has 17 heavy (non-hydrogen) atoms. The molecule has 2 amide bonds. The maximum atomic E-state index is 10.4. The summed E-state index contributed by atoms with van der Waals surface area (Å²) >= 11 is 5.90. The minimum Gasteiger partial charge on any atom is -0.496 e. The first kappa shape index (κ1) is 13.6. The van der Waals surface area contributed by atoms with Crippen LogP contribution in [0.2, 0.25) is 5.02 Å². The van der Waals surface area contributed by atoms with Gasteiger partial charge in [0.15, 0.2) is 0 Å². The van der Waals surface area contributed by atoms with Gasteiger partial charge in [0.05, 0.1) is 7.11 Å². The van der Waals surface area contributed by atoms with Gasteiger partial charge in [0.25, 0.3) is 0 Å². The second-order valence-electron chi connectivity index (χ2n) is 3.42. The molecule has 0 aliphatic heterocycles. The molecular weight excluding hydrogens is 242 g/mol. The largest absolute Gasteiger partial charge is 0.496 e. The maximum Gasteiger partial charge on any atom is 0.312 e. The Kier molecular flexibility index (Phi) is 5.59. The molecule has 5 nitrogen and oxygen atoms in total. The molecule has 1 aromatic rings. The van der Waals surface area contributed by atoms with Crippen LogP contribution in [0.15, 0.2) is 18.2 Å². The van der Waals surface area contributed by atoms with Gasteiger partial charge in [-0.05, 0) is 18.2 Å². The second-order valence-corrected chi connectivity index (χ2v) is 3.86. The van der Waals surface area contributed by atoms with E-state index in [0.29, 0.717) is 24.7 Å². The molecule has 0 saturated carbocycles. The van der Waals surface area contributed by atoms with Crippen LogP contribution in [-0.4, -0.2) is 26.2 Å². The van der Waals surface area contributed by atoms with Crippen molar-refractivity contribution in [2.24, 2.45) is 5.73 Å². The Labute approximate surface area is 105 Å². The third kappa shape index (κ3) is 4.93. The van der Waals surface area contributed by atoms with Crippen LogP contribution in [0, 0.1) is 0 Å². The lowest BCUT2D eigenvalue weighted by Gasteiger charge is -2.10. The van der Waals surface area contributed by atoms with Crippen LogP contribution in [0.5, 0.6) is 5.75 Å². The third-order valence-corrected chi connectivity index (χ3v) is 2.39. The first-order valence-corrected chi connectivity index (χ1v) is 5.57. The molecule has 0 radical (unpaired) electrons. The van der Waals surface area contributed by atoms with Gasteiger partial charge in [-0.25, -0.2) is 4.79 Å². The highest BCUT2D eigenvalue weighted by molar-refractivity contribution is 6.30. The van der Waals surface area contributed by atoms with Crippen molar-refractivity contribution in [3.8, 4) is 5.75 Å². The molecule has 0 atom stereocenters. The van der Waals surface area contributed by atoms with E-state index < -0.39 is 6.03 Å². The summed E-state index contributed by atoms with van der Waals surface area (Å²) in [4.78, 5) is 10.4. The number of ether oxygens (including phenoxy) is 1. The van der Waals surface area contributed by atoms with E-state index >= 15 is 0 Å². The van der Waals surface area contributed by atoms with Crippen molar-refractivity contribution in [3.05, 3.63) is 28.8 Å². The molecule has 0 bridgehead atoms. The van der Waals surface area contributed by atoms with Crippen molar-refractivity contribution in [3.63, 3.8) is 0 Å². The number of halogens is 1. The number of primary amides is 1. The van der Waals surface area contributed by atoms with E-state index in [1.165, 1.54) is 0 Å². The first-order valence-electron chi connectivity index (χ1n) is 5.20. The fourth-order valence-corrected chi connectivity index (χ4v) is 1.58. The summed E-state index contributed by atoms with van der Waals surface area (Å²) in [5.41, 5.74) is 5.91. The summed E-state index contributed by atoms with van der Waals surface area (Å²) in [6, 6.07) is 4.92. The van der Waals surface area contributed by atoms with Crippen molar-refractivity contribution in [2.75, 3.05) is 20.2 Å². The Morgan fingerprint density at radius 2 is 2.24 bits per heavy atom. The van der Waals surface area contributed by atoms with Gasteiger partial charge in [0.2, 0.25) is 0 Å². The summed E-state index contributed by atoms with van der Waals surface area (Å²) in [6.07, 6.45) is 0. The molecule has 0 heterocycles. The number of nitrogens with two attached hydrogens (primary N) is 1. The van der Waals surface area contributed by atoms with Crippen LogP contribution in [0.25, 0.3) is 0 Å². The summed E-state index contributed by atoms with van der Waals surface area (Å²) < 4.78 is 5.21. The zero-order valence-corrected chi connectivity index (χ0v) is 10.4. The minimum absolute atomic E-state index is 0.484. The van der Waals surface area contributed by atoms with Crippen molar-refractivity contribution in [1.29, 1.82) is 0 Å². The van der Waals surface area contributed by atoms with Gasteiger partial charge in [0.1, 0.15) is 5.75 Å². The number of carbonyl (C=O) groups is 1. The predicted molar refractivity (Wildman–Crippen MR) is 67.3 cm³/mol. The van der Waals surface area contributed by atoms with E-state index in [4.69, 9.17) is 22.1 Å². The van der Waals surface area contributed by atoms with E-state index in [9.17, 15) is 4.79 Å². The third-order valence-electron chi connectivity index (χ3n) is 2.16.